The molecule has 8 heavy (non-hydrogen) atoms. The zero-order chi connectivity index (χ0) is 6.41. The maximum Gasteiger partial charge on any atom is 0.0588 e. The van der Waals surface area contributed by atoms with Crippen LogP contribution in [0, 0.1) is 0 Å². The Kier molecular flexibility index (Phi) is 5.59. The molecule has 0 saturated heterocycles. The van der Waals surface area contributed by atoms with Gasteiger partial charge in [0, 0.05) is 0 Å². The van der Waals surface area contributed by atoms with Gasteiger partial charge in [0.15, 0.2) is 0 Å². The number of rotatable bonds is 4. The Hall–Kier alpha value is 0.270. The van der Waals surface area contributed by atoms with E-state index in [1.807, 2.05) is 7.05 Å². The molecule has 0 spiro atoms. The first-order chi connectivity index (χ1) is 3.81. The van der Waals surface area contributed by atoms with Crippen LogP contribution in [-0.2, 0) is 0 Å². The van der Waals surface area contributed by atoms with Crippen LogP contribution in [0.1, 0.15) is 6.92 Å². The van der Waals surface area contributed by atoms with Crippen molar-refractivity contribution in [1.82, 2.24) is 9.62 Å². The Morgan fingerprint density at radius 1 is 1.62 bits per heavy atom. The van der Waals surface area contributed by atoms with E-state index in [2.05, 4.69) is 23.6 Å². The van der Waals surface area contributed by atoms with Crippen LogP contribution in [0.25, 0.3) is 0 Å². The van der Waals surface area contributed by atoms with Crippen molar-refractivity contribution in [1.29, 1.82) is 0 Å². The zero-order valence-corrected chi connectivity index (χ0v) is 6.59. The van der Waals surface area contributed by atoms with Crippen LogP contribution in [-0.4, -0.2) is 31.4 Å². The van der Waals surface area contributed by atoms with Crippen LogP contribution in [0.2, 0.25) is 0 Å². The van der Waals surface area contributed by atoms with Crippen LogP contribution >= 0.6 is 11.9 Å². The normalized spacial score (nSPS) is 10.5. The molecule has 50 valence electrons. The molecule has 1 N–H and O–H groups in total. The maximum atomic E-state index is 3.01. The lowest BCUT2D eigenvalue weighted by Gasteiger charge is -2.11. The fourth-order valence-corrected chi connectivity index (χ4v) is 0.798. The lowest BCUT2D eigenvalue weighted by atomic mass is 10.7. The molecule has 0 saturated carbocycles. The predicted octanol–water partition coefficient (Wildman–Crippen LogP) is 0.763. The Morgan fingerprint density at radius 3 is 2.62 bits per heavy atom. The van der Waals surface area contributed by atoms with Gasteiger partial charge in [-0.15, -0.1) is 0 Å². The highest BCUT2D eigenvalue weighted by Crippen LogP contribution is 1.92. The third-order valence-corrected chi connectivity index (χ3v) is 1.83. The van der Waals surface area contributed by atoms with Gasteiger partial charge in [-0.2, -0.15) is 0 Å². The summed E-state index contributed by atoms with van der Waals surface area (Å²) < 4.78 is 3.01. The summed E-state index contributed by atoms with van der Waals surface area (Å²) in [7, 11) is 4.04. The topological polar surface area (TPSA) is 15.3 Å². The van der Waals surface area contributed by atoms with Crippen LogP contribution in [0.5, 0.6) is 0 Å². The van der Waals surface area contributed by atoms with Gasteiger partial charge in [-0.1, -0.05) is 18.9 Å². The van der Waals surface area contributed by atoms with Crippen LogP contribution < -0.4 is 4.72 Å². The Morgan fingerprint density at radius 2 is 2.25 bits per heavy atom. The summed E-state index contributed by atoms with van der Waals surface area (Å²) in [6, 6.07) is 0. The number of nitrogens with zero attached hydrogens (tertiary/aromatic N) is 1. The summed E-state index contributed by atoms with van der Waals surface area (Å²) in [5, 5.41) is 0. The van der Waals surface area contributed by atoms with E-state index < -0.39 is 0 Å². The van der Waals surface area contributed by atoms with Crippen LogP contribution in [0.15, 0.2) is 0 Å². The minimum Gasteiger partial charge on any atom is -0.296 e. The minimum atomic E-state index is 1.06. The van der Waals surface area contributed by atoms with Crippen molar-refractivity contribution in [2.24, 2.45) is 0 Å². The highest BCUT2D eigenvalue weighted by atomic mass is 32.2. The lowest BCUT2D eigenvalue weighted by molar-refractivity contribution is 0.416. The molecule has 0 rings (SSSR count). The van der Waals surface area contributed by atoms with Crippen LogP contribution in [0.4, 0.5) is 0 Å². The molecule has 0 amide bonds. The SMILES string of the molecule is CCN(C)CSNC. The first-order valence-corrected chi connectivity index (χ1v) is 3.77. The molecule has 0 aliphatic heterocycles. The first kappa shape index (κ1) is 8.27. The Bertz CT molecular complexity index is 49.7. The van der Waals surface area contributed by atoms with E-state index in [0.29, 0.717) is 0 Å². The molecule has 0 heterocycles. The first-order valence-electron chi connectivity index (χ1n) is 2.78. The molecule has 0 aliphatic rings. The van der Waals surface area contributed by atoms with Gasteiger partial charge in [-0.3, -0.25) is 9.62 Å². The molecule has 0 radical (unpaired) electrons. The van der Waals surface area contributed by atoms with Crippen molar-refractivity contribution >= 4 is 11.9 Å². The van der Waals surface area contributed by atoms with E-state index in [0.717, 1.165) is 12.4 Å². The second-order valence-corrected chi connectivity index (χ2v) is 2.60. The molecule has 0 atom stereocenters. The maximum absolute atomic E-state index is 3.01. The summed E-state index contributed by atoms with van der Waals surface area (Å²) in [5.74, 6) is 1.06. The van der Waals surface area contributed by atoms with E-state index in [1.165, 1.54) is 0 Å². The van der Waals surface area contributed by atoms with Crippen molar-refractivity contribution in [3.8, 4) is 0 Å². The van der Waals surface area contributed by atoms with E-state index in [-0.39, 0.29) is 0 Å². The van der Waals surface area contributed by atoms with Gasteiger partial charge in [-0.05, 0) is 20.6 Å². The van der Waals surface area contributed by atoms with Crippen molar-refractivity contribution in [2.75, 3.05) is 26.5 Å². The quantitative estimate of drug-likeness (QED) is 0.451. The van der Waals surface area contributed by atoms with Gasteiger partial charge in [0.1, 0.15) is 0 Å². The highest BCUT2D eigenvalue weighted by Gasteiger charge is 1.89. The molecule has 0 aromatic heterocycles. The summed E-state index contributed by atoms with van der Waals surface area (Å²) in [6.45, 7) is 3.27. The molecular weight excluding hydrogens is 120 g/mol. The van der Waals surface area contributed by atoms with E-state index >= 15 is 0 Å². The van der Waals surface area contributed by atoms with Crippen molar-refractivity contribution in [3.05, 3.63) is 0 Å². The highest BCUT2D eigenvalue weighted by molar-refractivity contribution is 7.97. The van der Waals surface area contributed by atoms with Crippen molar-refractivity contribution in [2.45, 2.75) is 6.92 Å². The van der Waals surface area contributed by atoms with Gasteiger partial charge in [0.2, 0.25) is 0 Å². The van der Waals surface area contributed by atoms with Gasteiger partial charge < -0.3 is 0 Å². The fraction of sp³-hybridized carbons (Fsp3) is 1.00. The molecular formula is C5H14N2S. The average Bonchev–Trinajstić information content (AvgIpc) is 1.83. The number of hydrogen-bond acceptors (Lipinski definition) is 3. The van der Waals surface area contributed by atoms with Gasteiger partial charge in [0.05, 0.1) is 5.88 Å². The van der Waals surface area contributed by atoms with E-state index in [1.54, 1.807) is 11.9 Å². The largest absolute Gasteiger partial charge is 0.296 e. The van der Waals surface area contributed by atoms with Gasteiger partial charge in [0.25, 0.3) is 0 Å². The third-order valence-electron chi connectivity index (χ3n) is 0.969. The average molecular weight is 134 g/mol. The second-order valence-electron chi connectivity index (χ2n) is 1.65. The molecule has 0 unspecified atom stereocenters. The Labute approximate surface area is 55.8 Å². The molecule has 0 fully saturated rings. The summed E-state index contributed by atoms with van der Waals surface area (Å²) in [5.41, 5.74) is 0. The van der Waals surface area contributed by atoms with Crippen molar-refractivity contribution < 1.29 is 0 Å². The summed E-state index contributed by atoms with van der Waals surface area (Å²) >= 11 is 1.72. The molecule has 0 aliphatic carbocycles. The second kappa shape index (κ2) is 5.41. The standard InChI is InChI=1S/C5H14N2S/c1-4-7(3)5-8-6-2/h6H,4-5H2,1-3H3. The number of hydrogen-bond donors (Lipinski definition) is 1. The molecule has 0 bridgehead atoms. The van der Waals surface area contributed by atoms with Crippen molar-refractivity contribution in [3.63, 3.8) is 0 Å². The fourth-order valence-electron chi connectivity index (χ4n) is 0.266. The molecule has 2 nitrogen and oxygen atoms in total. The number of nitrogens with one attached hydrogen (secondary N) is 1. The van der Waals surface area contributed by atoms with E-state index in [9.17, 15) is 0 Å². The molecule has 0 aromatic rings. The summed E-state index contributed by atoms with van der Waals surface area (Å²) in [4.78, 5) is 2.24. The third kappa shape index (κ3) is 4.43. The van der Waals surface area contributed by atoms with Gasteiger partial charge >= 0.3 is 0 Å². The molecule has 0 aromatic carbocycles. The minimum absolute atomic E-state index is 1.06. The molecule has 3 heteroatoms. The summed E-state index contributed by atoms with van der Waals surface area (Å²) in [6.07, 6.45) is 0. The zero-order valence-electron chi connectivity index (χ0n) is 5.77. The van der Waals surface area contributed by atoms with Gasteiger partial charge in [-0.25, -0.2) is 0 Å². The van der Waals surface area contributed by atoms with Crippen LogP contribution in [0.3, 0.4) is 0 Å². The Balaban J connectivity index is 2.86. The predicted molar refractivity (Wildman–Crippen MR) is 39.8 cm³/mol. The van der Waals surface area contributed by atoms with E-state index in [4.69, 9.17) is 0 Å². The monoisotopic (exact) mass is 134 g/mol. The smallest absolute Gasteiger partial charge is 0.0588 e. The lowest BCUT2D eigenvalue weighted by Crippen LogP contribution is -2.18.